The Balaban J connectivity index is 1.59. The lowest BCUT2D eigenvalue weighted by Gasteiger charge is -2.59. The summed E-state index contributed by atoms with van der Waals surface area (Å²) in [5, 5.41) is 17.4. The zero-order valence-electron chi connectivity index (χ0n) is 15.4. The third kappa shape index (κ3) is 1.48. The van der Waals surface area contributed by atoms with Gasteiger partial charge in [-0.2, -0.15) is 0 Å². The Hall–Kier alpha value is -2.12. The summed E-state index contributed by atoms with van der Waals surface area (Å²) in [4.78, 5) is 26.9. The first-order valence-corrected chi connectivity index (χ1v) is 9.61. The minimum absolute atomic E-state index is 0.0564. The van der Waals surface area contributed by atoms with E-state index in [2.05, 4.69) is 28.6 Å². The molecule has 2 heterocycles. The van der Waals surface area contributed by atoms with E-state index >= 15 is 0 Å². The van der Waals surface area contributed by atoms with E-state index in [1.807, 2.05) is 12.1 Å². The third-order valence-corrected chi connectivity index (χ3v) is 8.26. The van der Waals surface area contributed by atoms with Crippen LogP contribution in [0.4, 0.5) is 4.79 Å². The maximum atomic E-state index is 12.7. The van der Waals surface area contributed by atoms with Gasteiger partial charge in [-0.1, -0.05) is 6.07 Å². The number of rotatable bonds is 1. The van der Waals surface area contributed by atoms with Gasteiger partial charge in [0.1, 0.15) is 11.3 Å². The average Bonchev–Trinajstić information content (AvgIpc) is 3.27. The van der Waals surface area contributed by atoms with Crippen LogP contribution in [0.25, 0.3) is 0 Å². The van der Waals surface area contributed by atoms with E-state index in [0.29, 0.717) is 19.3 Å². The molecule has 5 aliphatic rings. The number of fused-ring (bicyclic) bond motifs is 2. The molecule has 2 aliphatic heterocycles. The Morgan fingerprint density at radius 3 is 2.81 bits per heavy atom. The number of hydrogen-bond acceptors (Lipinski definition) is 5. The van der Waals surface area contributed by atoms with E-state index in [-0.39, 0.29) is 23.8 Å². The maximum Gasteiger partial charge on any atom is 0.322 e. The second kappa shape index (κ2) is 4.47. The standard InChI is InChI=1S/C20H23N3O4/c1-23-8-13-14-11-4-3-10(27-2)7-12(11)19(13)9-18(16(24)21-17(25)22-18)5-6-20(19,26)15(14)23/h3-4,7,13-15,26H,5-6,8-9H2,1-2H3,(H2,21,22,24,25)/t13?,14?,15-,18+,19-,20-/m1/s1. The van der Waals surface area contributed by atoms with Gasteiger partial charge in [0.15, 0.2) is 0 Å². The molecular weight excluding hydrogens is 346 g/mol. The molecule has 0 aromatic heterocycles. The molecule has 3 aliphatic carbocycles. The predicted octanol–water partition coefficient (Wildman–Crippen LogP) is 0.467. The number of imide groups is 1. The summed E-state index contributed by atoms with van der Waals surface area (Å²) in [5.41, 5.74) is 0.0134. The number of piperidine rings is 1. The summed E-state index contributed by atoms with van der Waals surface area (Å²) in [6.45, 7) is 0.889. The van der Waals surface area contributed by atoms with Crippen LogP contribution in [0.1, 0.15) is 36.3 Å². The molecule has 4 fully saturated rings. The van der Waals surface area contributed by atoms with Crippen molar-refractivity contribution in [3.05, 3.63) is 29.3 Å². The predicted molar refractivity (Wildman–Crippen MR) is 95.5 cm³/mol. The van der Waals surface area contributed by atoms with Crippen LogP contribution in [-0.2, 0) is 10.2 Å². The van der Waals surface area contributed by atoms with Crippen molar-refractivity contribution in [1.82, 2.24) is 15.5 Å². The smallest absolute Gasteiger partial charge is 0.322 e. The normalized spacial score (nSPS) is 46.4. The highest BCUT2D eigenvalue weighted by atomic mass is 16.5. The number of nitrogens with one attached hydrogen (secondary N) is 2. The molecule has 0 radical (unpaired) electrons. The summed E-state index contributed by atoms with van der Waals surface area (Å²) in [6, 6.07) is 5.78. The zero-order valence-corrected chi connectivity index (χ0v) is 15.4. The van der Waals surface area contributed by atoms with Crippen molar-refractivity contribution in [2.75, 3.05) is 20.7 Å². The van der Waals surface area contributed by atoms with E-state index in [9.17, 15) is 14.7 Å². The maximum absolute atomic E-state index is 12.7. The second-order valence-corrected chi connectivity index (χ2v) is 9.03. The number of carbonyl (C=O) groups is 2. The Morgan fingerprint density at radius 1 is 1.30 bits per heavy atom. The van der Waals surface area contributed by atoms with Crippen molar-refractivity contribution in [3.8, 4) is 5.75 Å². The van der Waals surface area contributed by atoms with E-state index in [0.717, 1.165) is 17.9 Å². The topological polar surface area (TPSA) is 90.9 Å². The monoisotopic (exact) mass is 369 g/mol. The van der Waals surface area contributed by atoms with Gasteiger partial charge in [-0.15, -0.1) is 0 Å². The number of likely N-dealkylation sites (tertiary alicyclic amines) is 1. The van der Waals surface area contributed by atoms with Gasteiger partial charge >= 0.3 is 6.03 Å². The van der Waals surface area contributed by atoms with Crippen LogP contribution in [0, 0.1) is 5.92 Å². The van der Waals surface area contributed by atoms with E-state index in [4.69, 9.17) is 4.74 Å². The molecule has 2 spiro atoms. The molecule has 1 aromatic rings. The second-order valence-electron chi connectivity index (χ2n) is 9.03. The molecule has 27 heavy (non-hydrogen) atoms. The van der Waals surface area contributed by atoms with Crippen LogP contribution in [0.3, 0.4) is 0 Å². The fourth-order valence-electron chi connectivity index (χ4n) is 7.45. The highest BCUT2D eigenvalue weighted by molar-refractivity contribution is 6.07. The summed E-state index contributed by atoms with van der Waals surface area (Å²) in [6.07, 6.45) is 1.41. The minimum Gasteiger partial charge on any atom is -0.497 e. The van der Waals surface area contributed by atoms with Crippen LogP contribution >= 0.6 is 0 Å². The van der Waals surface area contributed by atoms with Crippen LogP contribution in [0.15, 0.2) is 18.2 Å². The van der Waals surface area contributed by atoms with E-state index in [1.54, 1.807) is 7.11 Å². The number of amides is 3. The number of benzene rings is 1. The SMILES string of the molecule is COc1ccc2c(c1)[C@@]13C[C@]4(CC[C@@]1(O)[C@H]1C2C3CN1C)NC(=O)NC4=O. The van der Waals surface area contributed by atoms with Gasteiger partial charge in [-0.05, 0) is 55.5 Å². The Kier molecular flexibility index (Phi) is 2.63. The number of aliphatic hydroxyl groups is 1. The van der Waals surface area contributed by atoms with Crippen LogP contribution in [-0.4, -0.2) is 59.8 Å². The van der Waals surface area contributed by atoms with Gasteiger partial charge in [-0.25, -0.2) is 4.79 Å². The summed E-state index contributed by atoms with van der Waals surface area (Å²) in [7, 11) is 3.73. The number of likely N-dealkylation sites (N-methyl/N-ethyl adjacent to an activating group) is 1. The first-order chi connectivity index (χ1) is 12.9. The lowest BCUT2D eigenvalue weighted by atomic mass is 9.52. The molecule has 2 unspecified atom stereocenters. The molecule has 3 amide bonds. The average molecular weight is 369 g/mol. The van der Waals surface area contributed by atoms with Crippen molar-refractivity contribution in [2.24, 2.45) is 5.92 Å². The van der Waals surface area contributed by atoms with Crippen LogP contribution in [0.5, 0.6) is 5.75 Å². The molecule has 7 nitrogen and oxygen atoms in total. The van der Waals surface area contributed by atoms with Gasteiger partial charge < -0.3 is 15.2 Å². The Labute approximate surface area is 157 Å². The fraction of sp³-hybridized carbons (Fsp3) is 0.600. The van der Waals surface area contributed by atoms with Gasteiger partial charge in [-0.3, -0.25) is 15.0 Å². The lowest BCUT2D eigenvalue weighted by Crippen LogP contribution is -2.71. The first kappa shape index (κ1) is 15.9. The molecule has 7 heteroatoms. The fourth-order valence-corrected chi connectivity index (χ4v) is 7.45. The van der Waals surface area contributed by atoms with Gasteiger partial charge in [0.2, 0.25) is 0 Å². The van der Waals surface area contributed by atoms with Crippen molar-refractivity contribution >= 4 is 11.9 Å². The number of urea groups is 1. The molecule has 1 aromatic carbocycles. The molecule has 142 valence electrons. The molecule has 6 rings (SSSR count). The van der Waals surface area contributed by atoms with Crippen LogP contribution in [0.2, 0.25) is 0 Å². The molecule has 6 atom stereocenters. The summed E-state index contributed by atoms with van der Waals surface area (Å²) >= 11 is 0. The Morgan fingerprint density at radius 2 is 2.11 bits per heavy atom. The van der Waals surface area contributed by atoms with Gasteiger partial charge in [0, 0.05) is 23.9 Å². The summed E-state index contributed by atoms with van der Waals surface area (Å²) < 4.78 is 5.47. The molecule has 2 saturated heterocycles. The van der Waals surface area contributed by atoms with Gasteiger partial charge in [0.25, 0.3) is 5.91 Å². The number of nitrogens with zero attached hydrogens (tertiary/aromatic N) is 1. The molecule has 3 N–H and O–H groups in total. The summed E-state index contributed by atoms with van der Waals surface area (Å²) in [5.74, 6) is 1.01. The van der Waals surface area contributed by atoms with E-state index < -0.39 is 22.6 Å². The van der Waals surface area contributed by atoms with Crippen molar-refractivity contribution in [1.29, 1.82) is 0 Å². The minimum atomic E-state index is -0.929. The van der Waals surface area contributed by atoms with E-state index in [1.165, 1.54) is 5.56 Å². The molecule has 2 saturated carbocycles. The largest absolute Gasteiger partial charge is 0.497 e. The number of carbonyl (C=O) groups excluding carboxylic acids is 2. The number of hydrogen-bond donors (Lipinski definition) is 3. The molecular formula is C20H23N3O4. The highest BCUT2D eigenvalue weighted by Gasteiger charge is 2.80. The highest BCUT2D eigenvalue weighted by Crippen LogP contribution is 2.74. The van der Waals surface area contributed by atoms with Gasteiger partial charge in [0.05, 0.1) is 12.7 Å². The third-order valence-electron chi connectivity index (χ3n) is 8.26. The van der Waals surface area contributed by atoms with Crippen molar-refractivity contribution < 1.29 is 19.4 Å². The zero-order chi connectivity index (χ0) is 18.8. The van der Waals surface area contributed by atoms with Crippen molar-refractivity contribution in [3.63, 3.8) is 0 Å². The molecule has 4 bridgehead atoms. The lowest BCUT2D eigenvalue weighted by molar-refractivity contribution is -0.150. The number of ether oxygens (including phenoxy) is 1. The Bertz CT molecular complexity index is 918. The number of methoxy groups -OCH3 is 1. The first-order valence-electron chi connectivity index (χ1n) is 9.61. The quantitative estimate of drug-likeness (QED) is 0.626. The van der Waals surface area contributed by atoms with Crippen LogP contribution < -0.4 is 15.4 Å². The van der Waals surface area contributed by atoms with Crippen molar-refractivity contribution in [2.45, 2.75) is 47.8 Å².